The summed E-state index contributed by atoms with van der Waals surface area (Å²) < 4.78 is 0. The minimum absolute atomic E-state index is 0.168. The first-order valence-corrected chi connectivity index (χ1v) is 4.99. The van der Waals surface area contributed by atoms with E-state index in [1.54, 1.807) is 4.90 Å². The van der Waals surface area contributed by atoms with Crippen LogP contribution in [0.1, 0.15) is 26.2 Å². The molecule has 1 aliphatic rings. The Hall–Kier alpha value is -0.570. The van der Waals surface area contributed by atoms with E-state index < -0.39 is 0 Å². The molecular formula is C10H20N2O. The smallest absolute Gasteiger partial charge is 0.225 e. The monoisotopic (exact) mass is 184 g/mol. The largest absolute Gasteiger partial charge is 0.349 e. The molecule has 1 fully saturated rings. The van der Waals surface area contributed by atoms with Gasteiger partial charge in [-0.15, -0.1) is 0 Å². The molecule has 3 nitrogen and oxygen atoms in total. The van der Waals surface area contributed by atoms with Crippen molar-refractivity contribution in [2.24, 2.45) is 17.6 Å². The maximum absolute atomic E-state index is 11.6. The predicted octanol–water partition coefficient (Wildman–Crippen LogP) is 0.838. The van der Waals surface area contributed by atoms with Crippen molar-refractivity contribution in [3.05, 3.63) is 0 Å². The van der Waals surface area contributed by atoms with Crippen molar-refractivity contribution in [2.45, 2.75) is 32.2 Å². The molecule has 0 aliphatic heterocycles. The van der Waals surface area contributed by atoms with E-state index in [0.29, 0.717) is 5.92 Å². The van der Waals surface area contributed by atoms with Crippen LogP contribution in [-0.2, 0) is 4.79 Å². The van der Waals surface area contributed by atoms with Gasteiger partial charge >= 0.3 is 0 Å². The highest BCUT2D eigenvalue weighted by Crippen LogP contribution is 2.28. The van der Waals surface area contributed by atoms with Gasteiger partial charge in [0.05, 0.1) is 0 Å². The van der Waals surface area contributed by atoms with Crippen LogP contribution in [0.2, 0.25) is 0 Å². The Balaban J connectivity index is 2.50. The van der Waals surface area contributed by atoms with E-state index in [4.69, 9.17) is 5.73 Å². The first-order chi connectivity index (χ1) is 6.02. The van der Waals surface area contributed by atoms with E-state index in [2.05, 4.69) is 6.92 Å². The molecule has 0 bridgehead atoms. The fraction of sp³-hybridized carbons (Fsp3) is 0.900. The SMILES string of the molecule is CC1CC[C@H](C(=O)N(C)C)C[C@H]1N. The van der Waals surface area contributed by atoms with Crippen LogP contribution in [0.4, 0.5) is 0 Å². The second kappa shape index (κ2) is 4.09. The number of hydrogen-bond acceptors (Lipinski definition) is 2. The molecule has 0 radical (unpaired) electrons. The summed E-state index contributed by atoms with van der Waals surface area (Å²) in [6.45, 7) is 2.17. The normalized spacial score (nSPS) is 34.3. The average Bonchev–Trinajstić information content (AvgIpc) is 2.08. The third-order valence-electron chi connectivity index (χ3n) is 3.05. The highest BCUT2D eigenvalue weighted by molar-refractivity contribution is 5.78. The number of nitrogens with two attached hydrogens (primary N) is 1. The van der Waals surface area contributed by atoms with Gasteiger partial charge < -0.3 is 10.6 Å². The summed E-state index contributed by atoms with van der Waals surface area (Å²) in [6, 6.07) is 0.211. The van der Waals surface area contributed by atoms with Crippen molar-refractivity contribution < 1.29 is 4.79 Å². The lowest BCUT2D eigenvalue weighted by atomic mass is 9.79. The molecule has 1 aliphatic carbocycles. The van der Waals surface area contributed by atoms with Crippen LogP contribution in [0.5, 0.6) is 0 Å². The molecule has 2 N–H and O–H groups in total. The minimum atomic E-state index is 0.168. The summed E-state index contributed by atoms with van der Waals surface area (Å²) in [5, 5.41) is 0. The van der Waals surface area contributed by atoms with Crippen molar-refractivity contribution in [2.75, 3.05) is 14.1 Å². The zero-order valence-electron chi connectivity index (χ0n) is 8.79. The summed E-state index contributed by atoms with van der Waals surface area (Å²) >= 11 is 0. The number of hydrogen-bond donors (Lipinski definition) is 1. The van der Waals surface area contributed by atoms with Crippen molar-refractivity contribution >= 4 is 5.91 Å². The first kappa shape index (κ1) is 10.5. The van der Waals surface area contributed by atoms with Gasteiger partial charge in [0.25, 0.3) is 0 Å². The summed E-state index contributed by atoms with van der Waals surface area (Å²) in [5.41, 5.74) is 5.94. The number of rotatable bonds is 1. The molecule has 0 aromatic carbocycles. The lowest BCUT2D eigenvalue weighted by molar-refractivity contribution is -0.134. The van der Waals surface area contributed by atoms with E-state index >= 15 is 0 Å². The van der Waals surface area contributed by atoms with E-state index in [1.807, 2.05) is 14.1 Å². The lowest BCUT2D eigenvalue weighted by Gasteiger charge is -2.32. The molecule has 1 unspecified atom stereocenters. The second-order valence-electron chi connectivity index (χ2n) is 4.38. The van der Waals surface area contributed by atoms with Crippen LogP contribution in [0, 0.1) is 11.8 Å². The Morgan fingerprint density at radius 1 is 1.38 bits per heavy atom. The van der Waals surface area contributed by atoms with E-state index in [0.717, 1.165) is 19.3 Å². The Kier molecular flexibility index (Phi) is 3.31. The fourth-order valence-electron chi connectivity index (χ4n) is 1.95. The molecule has 0 saturated heterocycles. The summed E-state index contributed by atoms with van der Waals surface area (Å²) in [5.74, 6) is 0.981. The van der Waals surface area contributed by atoms with E-state index in [-0.39, 0.29) is 17.9 Å². The van der Waals surface area contributed by atoms with Gasteiger partial charge in [0.1, 0.15) is 0 Å². The molecule has 1 amide bonds. The maximum Gasteiger partial charge on any atom is 0.225 e. The summed E-state index contributed by atoms with van der Waals surface area (Å²) in [4.78, 5) is 13.3. The van der Waals surface area contributed by atoms with Gasteiger partial charge in [-0.05, 0) is 25.2 Å². The molecule has 76 valence electrons. The van der Waals surface area contributed by atoms with Crippen LogP contribution < -0.4 is 5.73 Å². The standard InChI is InChI=1S/C10H20N2O/c1-7-4-5-8(6-9(7)11)10(13)12(2)3/h7-9H,4-6,11H2,1-3H3/t7?,8-,9+/m0/s1. The van der Waals surface area contributed by atoms with Crippen LogP contribution in [0.25, 0.3) is 0 Å². The molecule has 3 atom stereocenters. The molecule has 0 aromatic rings. The molecule has 0 heterocycles. The molecular weight excluding hydrogens is 164 g/mol. The maximum atomic E-state index is 11.6. The fourth-order valence-corrected chi connectivity index (χ4v) is 1.95. The third-order valence-corrected chi connectivity index (χ3v) is 3.05. The van der Waals surface area contributed by atoms with Gasteiger partial charge in [-0.25, -0.2) is 0 Å². The van der Waals surface area contributed by atoms with Crippen LogP contribution in [-0.4, -0.2) is 30.9 Å². The third kappa shape index (κ3) is 2.44. The van der Waals surface area contributed by atoms with Crippen LogP contribution >= 0.6 is 0 Å². The number of carbonyl (C=O) groups excluding carboxylic acids is 1. The minimum Gasteiger partial charge on any atom is -0.349 e. The highest BCUT2D eigenvalue weighted by Gasteiger charge is 2.30. The lowest BCUT2D eigenvalue weighted by Crippen LogP contribution is -2.40. The van der Waals surface area contributed by atoms with Gasteiger partial charge in [-0.2, -0.15) is 0 Å². The molecule has 0 aromatic heterocycles. The Labute approximate surface area is 80.3 Å². The Morgan fingerprint density at radius 2 is 2.00 bits per heavy atom. The Bertz CT molecular complexity index is 191. The van der Waals surface area contributed by atoms with Crippen LogP contribution in [0.3, 0.4) is 0 Å². The number of carbonyl (C=O) groups is 1. The van der Waals surface area contributed by atoms with Gasteiger partial charge in [-0.1, -0.05) is 6.92 Å². The molecule has 0 spiro atoms. The van der Waals surface area contributed by atoms with Crippen molar-refractivity contribution in [1.29, 1.82) is 0 Å². The van der Waals surface area contributed by atoms with Gasteiger partial charge in [-0.3, -0.25) is 4.79 Å². The first-order valence-electron chi connectivity index (χ1n) is 4.99. The average molecular weight is 184 g/mol. The van der Waals surface area contributed by atoms with E-state index in [9.17, 15) is 4.79 Å². The number of nitrogens with zero attached hydrogens (tertiary/aromatic N) is 1. The molecule has 1 rings (SSSR count). The van der Waals surface area contributed by atoms with Gasteiger partial charge in [0, 0.05) is 26.1 Å². The summed E-state index contributed by atoms with van der Waals surface area (Å²) in [7, 11) is 3.62. The topological polar surface area (TPSA) is 46.3 Å². The van der Waals surface area contributed by atoms with Crippen molar-refractivity contribution in [1.82, 2.24) is 4.90 Å². The molecule has 3 heteroatoms. The second-order valence-corrected chi connectivity index (χ2v) is 4.38. The quantitative estimate of drug-likeness (QED) is 0.656. The molecule has 13 heavy (non-hydrogen) atoms. The highest BCUT2D eigenvalue weighted by atomic mass is 16.2. The van der Waals surface area contributed by atoms with Crippen molar-refractivity contribution in [3.63, 3.8) is 0 Å². The zero-order valence-corrected chi connectivity index (χ0v) is 8.79. The molecule has 1 saturated carbocycles. The zero-order chi connectivity index (χ0) is 10.0. The summed E-state index contributed by atoms with van der Waals surface area (Å²) in [6.07, 6.45) is 2.95. The van der Waals surface area contributed by atoms with Crippen molar-refractivity contribution in [3.8, 4) is 0 Å². The van der Waals surface area contributed by atoms with E-state index in [1.165, 1.54) is 0 Å². The van der Waals surface area contributed by atoms with Crippen LogP contribution in [0.15, 0.2) is 0 Å². The van der Waals surface area contributed by atoms with Gasteiger partial charge in [0.2, 0.25) is 5.91 Å². The van der Waals surface area contributed by atoms with Gasteiger partial charge in [0.15, 0.2) is 0 Å². The Morgan fingerprint density at radius 3 is 2.46 bits per heavy atom. The predicted molar refractivity (Wildman–Crippen MR) is 53.2 cm³/mol. The number of amides is 1.